The molecule has 0 atom stereocenters. The number of rotatable bonds is 4. The van der Waals surface area contributed by atoms with Crippen molar-refractivity contribution in [3.63, 3.8) is 0 Å². The van der Waals surface area contributed by atoms with Crippen LogP contribution in [0.5, 0.6) is 5.75 Å². The van der Waals surface area contributed by atoms with Gasteiger partial charge in [-0.05, 0) is 60.8 Å². The van der Waals surface area contributed by atoms with Crippen molar-refractivity contribution in [1.82, 2.24) is 15.2 Å². The number of hydrogen-bond acceptors (Lipinski definition) is 6. The Morgan fingerprint density at radius 2 is 1.97 bits per heavy atom. The number of halogens is 1. The van der Waals surface area contributed by atoms with Crippen molar-refractivity contribution in [2.24, 2.45) is 0 Å². The predicted octanol–water partition coefficient (Wildman–Crippen LogP) is 4.65. The molecule has 3 aromatic rings. The van der Waals surface area contributed by atoms with Gasteiger partial charge in [0, 0.05) is 33.9 Å². The third-order valence-electron chi connectivity index (χ3n) is 4.55. The number of ether oxygens (including phenoxy) is 1. The van der Waals surface area contributed by atoms with Crippen molar-refractivity contribution in [1.29, 1.82) is 0 Å². The number of amides is 2. The van der Waals surface area contributed by atoms with E-state index in [2.05, 4.69) is 5.32 Å². The van der Waals surface area contributed by atoms with Crippen molar-refractivity contribution >= 4 is 69.5 Å². The summed E-state index contributed by atoms with van der Waals surface area (Å²) in [6.07, 6.45) is 1.63. The fraction of sp³-hybridized carbons (Fsp3) is 0.0909. The van der Waals surface area contributed by atoms with Gasteiger partial charge in [-0.15, -0.1) is 0 Å². The minimum absolute atomic E-state index is 0.0640. The monoisotopic (exact) mass is 469 g/mol. The Kier molecular flexibility index (Phi) is 5.95. The van der Waals surface area contributed by atoms with Gasteiger partial charge in [0.1, 0.15) is 16.5 Å². The number of nitrogens with one attached hydrogen (secondary N) is 1. The number of benzene rings is 2. The van der Waals surface area contributed by atoms with Gasteiger partial charge in [0.15, 0.2) is 5.11 Å². The maximum atomic E-state index is 12.4. The lowest BCUT2D eigenvalue weighted by atomic mass is 10.1. The maximum absolute atomic E-state index is 12.4. The van der Waals surface area contributed by atoms with E-state index in [4.69, 9.17) is 33.5 Å². The van der Waals surface area contributed by atoms with Crippen LogP contribution in [0.2, 0.25) is 5.02 Å². The van der Waals surface area contributed by atoms with Crippen LogP contribution in [0.1, 0.15) is 12.5 Å². The van der Waals surface area contributed by atoms with Gasteiger partial charge in [-0.2, -0.15) is 0 Å². The molecule has 1 aliphatic rings. The van der Waals surface area contributed by atoms with Crippen LogP contribution < -0.4 is 10.1 Å². The molecule has 31 heavy (non-hydrogen) atoms. The Labute approximate surface area is 193 Å². The average Bonchev–Trinajstić information content (AvgIpc) is 3.02. The Balaban J connectivity index is 1.87. The molecule has 0 radical (unpaired) electrons. The zero-order valence-corrected chi connectivity index (χ0v) is 18.9. The van der Waals surface area contributed by atoms with Gasteiger partial charge in [-0.1, -0.05) is 23.4 Å². The molecule has 1 saturated heterocycles. The first kappa shape index (κ1) is 21.3. The molecule has 0 spiro atoms. The van der Waals surface area contributed by atoms with Gasteiger partial charge in [0.05, 0.1) is 12.6 Å². The molecule has 4 rings (SSSR count). The second-order valence-electron chi connectivity index (χ2n) is 6.64. The zero-order valence-electron chi connectivity index (χ0n) is 16.5. The molecular weight excluding hydrogens is 454 g/mol. The normalized spacial score (nSPS) is 14.9. The number of pyridine rings is 1. The Hall–Kier alpha value is -2.94. The number of thiocarbonyl (C=S) groups is 1. The van der Waals surface area contributed by atoms with E-state index < -0.39 is 5.91 Å². The molecule has 6 nitrogen and oxygen atoms in total. The second-order valence-corrected chi connectivity index (χ2v) is 8.53. The highest BCUT2D eigenvalue weighted by Gasteiger charge is 2.33. The number of fused-ring (bicyclic) bond motifs is 1. The number of aromatic nitrogens is 1. The van der Waals surface area contributed by atoms with Gasteiger partial charge in [-0.3, -0.25) is 19.8 Å². The van der Waals surface area contributed by atoms with Crippen molar-refractivity contribution < 1.29 is 14.3 Å². The Morgan fingerprint density at radius 1 is 1.23 bits per heavy atom. The Morgan fingerprint density at radius 3 is 2.65 bits per heavy atom. The van der Waals surface area contributed by atoms with Crippen LogP contribution in [0.15, 0.2) is 64.1 Å². The van der Waals surface area contributed by atoms with E-state index in [9.17, 15) is 9.59 Å². The largest absolute Gasteiger partial charge is 0.497 e. The number of methoxy groups -OCH3 is 1. The molecule has 9 heteroatoms. The molecule has 0 bridgehead atoms. The maximum Gasteiger partial charge on any atom is 0.274 e. The summed E-state index contributed by atoms with van der Waals surface area (Å²) >= 11 is 12.6. The summed E-state index contributed by atoms with van der Waals surface area (Å²) in [5.74, 6) is -0.0886. The molecule has 2 amide bonds. The van der Waals surface area contributed by atoms with Gasteiger partial charge in [-0.25, -0.2) is 4.98 Å². The van der Waals surface area contributed by atoms with E-state index in [0.29, 0.717) is 21.4 Å². The van der Waals surface area contributed by atoms with Gasteiger partial charge in [0.2, 0.25) is 5.91 Å². The summed E-state index contributed by atoms with van der Waals surface area (Å²) in [7, 11) is 1.60. The topological polar surface area (TPSA) is 71.5 Å². The first-order chi connectivity index (χ1) is 14.9. The second kappa shape index (κ2) is 8.66. The summed E-state index contributed by atoms with van der Waals surface area (Å²) in [5, 5.41) is 4.74. The zero-order chi connectivity index (χ0) is 22.1. The number of carbonyl (C=O) groups is 2. The number of carbonyl (C=O) groups excluding carboxylic acids is 2. The minimum atomic E-state index is -0.433. The third-order valence-corrected chi connectivity index (χ3v) is 6.11. The quantitative estimate of drug-likeness (QED) is 0.443. The predicted molar refractivity (Wildman–Crippen MR) is 125 cm³/mol. The molecule has 0 aliphatic carbocycles. The number of nitrogens with zero attached hydrogens (tertiary/aromatic N) is 2. The highest BCUT2D eigenvalue weighted by atomic mass is 35.5. The van der Waals surface area contributed by atoms with E-state index in [1.54, 1.807) is 25.3 Å². The van der Waals surface area contributed by atoms with Crippen LogP contribution in [-0.4, -0.2) is 33.9 Å². The van der Waals surface area contributed by atoms with Crippen LogP contribution in [0.25, 0.3) is 17.0 Å². The molecule has 1 N–H and O–H groups in total. The van der Waals surface area contributed by atoms with E-state index in [1.807, 2.05) is 36.4 Å². The number of hydrogen-bond donors (Lipinski definition) is 1. The van der Waals surface area contributed by atoms with E-state index >= 15 is 0 Å². The molecule has 2 heterocycles. The molecule has 156 valence electrons. The van der Waals surface area contributed by atoms with Crippen LogP contribution in [0, 0.1) is 0 Å². The molecule has 2 aromatic carbocycles. The van der Waals surface area contributed by atoms with Gasteiger partial charge in [0.25, 0.3) is 5.91 Å². The SMILES string of the molecule is COc1ccc2cc(/C=C3/C(=O)NC(=S)N3C(C)=O)c(Sc3ccc(Cl)cc3)nc2c1. The fourth-order valence-corrected chi connectivity index (χ4v) is 4.41. The summed E-state index contributed by atoms with van der Waals surface area (Å²) in [6, 6.07) is 14.9. The van der Waals surface area contributed by atoms with Gasteiger partial charge >= 0.3 is 0 Å². The van der Waals surface area contributed by atoms with Crippen LogP contribution >= 0.6 is 35.6 Å². The summed E-state index contributed by atoms with van der Waals surface area (Å²) < 4.78 is 5.31. The highest BCUT2D eigenvalue weighted by Crippen LogP contribution is 2.34. The lowest BCUT2D eigenvalue weighted by Gasteiger charge is -2.14. The first-order valence-corrected chi connectivity index (χ1v) is 10.8. The van der Waals surface area contributed by atoms with Crippen LogP contribution in [0.4, 0.5) is 0 Å². The average molecular weight is 470 g/mol. The smallest absolute Gasteiger partial charge is 0.274 e. The summed E-state index contributed by atoms with van der Waals surface area (Å²) in [5.41, 5.74) is 1.58. The van der Waals surface area contributed by atoms with Crippen molar-refractivity contribution in [3.05, 3.63) is 64.8 Å². The first-order valence-electron chi connectivity index (χ1n) is 9.15. The minimum Gasteiger partial charge on any atom is -0.497 e. The van der Waals surface area contributed by atoms with Crippen molar-refractivity contribution in [2.75, 3.05) is 7.11 Å². The van der Waals surface area contributed by atoms with E-state index in [-0.39, 0.29) is 16.7 Å². The van der Waals surface area contributed by atoms with Crippen molar-refractivity contribution in [3.8, 4) is 5.75 Å². The summed E-state index contributed by atoms with van der Waals surface area (Å²) in [6.45, 7) is 1.36. The van der Waals surface area contributed by atoms with Crippen LogP contribution in [-0.2, 0) is 9.59 Å². The molecule has 1 fully saturated rings. The van der Waals surface area contributed by atoms with E-state index in [1.165, 1.54) is 23.6 Å². The summed E-state index contributed by atoms with van der Waals surface area (Å²) in [4.78, 5) is 31.4. The molecule has 1 aromatic heterocycles. The fourth-order valence-electron chi connectivity index (χ4n) is 3.09. The molecular formula is C22H16ClN3O3S2. The molecule has 0 unspecified atom stereocenters. The van der Waals surface area contributed by atoms with E-state index in [0.717, 1.165) is 15.8 Å². The Bertz CT molecular complexity index is 1260. The molecule has 1 aliphatic heterocycles. The molecule has 0 saturated carbocycles. The highest BCUT2D eigenvalue weighted by molar-refractivity contribution is 7.99. The van der Waals surface area contributed by atoms with Crippen LogP contribution in [0.3, 0.4) is 0 Å². The van der Waals surface area contributed by atoms with Crippen molar-refractivity contribution in [2.45, 2.75) is 16.8 Å². The van der Waals surface area contributed by atoms with Gasteiger partial charge < -0.3 is 4.74 Å². The third kappa shape index (κ3) is 4.41. The lowest BCUT2D eigenvalue weighted by molar-refractivity contribution is -0.125. The standard InChI is InChI=1S/C22H16ClN3O3S2/c1-12(27)26-19(20(28)25-22(26)30)10-14-9-13-3-6-16(29-2)11-18(13)24-21(14)31-17-7-4-15(23)5-8-17/h3-11H,1-2H3,(H,25,28,30)/b19-10-. The lowest BCUT2D eigenvalue weighted by Crippen LogP contribution is -2.31.